The fraction of sp³-hybridized carbons (Fsp3) is 0.238. The van der Waals surface area contributed by atoms with E-state index in [2.05, 4.69) is 27.8 Å². The van der Waals surface area contributed by atoms with Crippen LogP contribution in [0.2, 0.25) is 0 Å². The number of amides is 2. The second-order valence-electron chi connectivity index (χ2n) is 6.36. The summed E-state index contributed by atoms with van der Waals surface area (Å²) in [6, 6.07) is 17.4. The molecule has 1 unspecified atom stereocenters. The number of rotatable bonds is 6. The maximum atomic E-state index is 12.3. The number of hydrogen-bond donors (Lipinski definition) is 2. The third-order valence-electron chi connectivity index (χ3n) is 4.28. The summed E-state index contributed by atoms with van der Waals surface area (Å²) in [5.74, 6) is -0.435. The van der Waals surface area contributed by atoms with Crippen LogP contribution in [0.1, 0.15) is 31.4 Å². The van der Waals surface area contributed by atoms with Crippen molar-refractivity contribution >= 4 is 40.1 Å². The van der Waals surface area contributed by atoms with Crippen molar-refractivity contribution in [2.75, 3.05) is 5.32 Å². The van der Waals surface area contributed by atoms with Gasteiger partial charge in [-0.1, -0.05) is 61.2 Å². The van der Waals surface area contributed by atoms with Gasteiger partial charge >= 0.3 is 0 Å². The lowest BCUT2D eigenvalue weighted by molar-refractivity contribution is -0.122. The van der Waals surface area contributed by atoms with E-state index in [1.165, 1.54) is 17.3 Å². The van der Waals surface area contributed by atoms with E-state index in [0.717, 1.165) is 23.4 Å². The van der Waals surface area contributed by atoms with Crippen LogP contribution in [-0.4, -0.2) is 27.9 Å². The first kappa shape index (κ1) is 19.8. The average Bonchev–Trinajstić information content (AvgIpc) is 3.06. The molecule has 28 heavy (non-hydrogen) atoms. The van der Waals surface area contributed by atoms with E-state index in [4.69, 9.17) is 0 Å². The van der Waals surface area contributed by atoms with Crippen LogP contribution in [0, 0.1) is 0 Å². The molecule has 1 heterocycles. The third kappa shape index (κ3) is 5.29. The van der Waals surface area contributed by atoms with Gasteiger partial charge in [-0.25, -0.2) is 0 Å². The number of thioether (sulfide) groups is 1. The van der Waals surface area contributed by atoms with Gasteiger partial charge in [0, 0.05) is 12.1 Å². The van der Waals surface area contributed by atoms with E-state index in [9.17, 15) is 9.59 Å². The molecule has 7 heteroatoms. The number of carbonyl (C=O) groups is 2. The highest BCUT2D eigenvalue weighted by molar-refractivity contribution is 8.15. The lowest BCUT2D eigenvalue weighted by Crippen LogP contribution is -2.28. The molecule has 144 valence electrons. The number of amidine groups is 1. The molecule has 1 aliphatic heterocycles. The van der Waals surface area contributed by atoms with Crippen molar-refractivity contribution in [3.8, 4) is 0 Å². The number of hydrogen-bond acceptors (Lipinski definition) is 5. The van der Waals surface area contributed by atoms with Gasteiger partial charge in [0.05, 0.1) is 5.71 Å². The van der Waals surface area contributed by atoms with Gasteiger partial charge in [0.2, 0.25) is 11.8 Å². The number of nitrogens with one attached hydrogen (secondary N) is 2. The standard InChI is InChI=1S/C21H22N4O2S/c1-3-15-9-11-17(12-10-15)22-19(26)13-18-20(27)23-21(28-18)25-24-14(2)16-7-5-4-6-8-16/h4-12,18H,3,13H2,1-2H3,(H,22,26)(H,23,25,27)/b24-14+. The van der Waals surface area contributed by atoms with Crippen LogP contribution in [0.15, 0.2) is 64.8 Å². The second kappa shape index (κ2) is 9.32. The van der Waals surface area contributed by atoms with E-state index < -0.39 is 5.25 Å². The van der Waals surface area contributed by atoms with Gasteiger partial charge in [0.15, 0.2) is 5.17 Å². The summed E-state index contributed by atoms with van der Waals surface area (Å²) < 4.78 is 0. The zero-order chi connectivity index (χ0) is 19.9. The van der Waals surface area contributed by atoms with Crippen molar-refractivity contribution in [1.82, 2.24) is 5.32 Å². The summed E-state index contributed by atoms with van der Waals surface area (Å²) in [7, 11) is 0. The predicted molar refractivity (Wildman–Crippen MR) is 115 cm³/mol. The number of anilines is 1. The number of nitrogens with zero attached hydrogens (tertiary/aromatic N) is 2. The van der Waals surface area contributed by atoms with Crippen LogP contribution in [0.25, 0.3) is 0 Å². The van der Waals surface area contributed by atoms with Gasteiger partial charge in [0.1, 0.15) is 5.25 Å². The summed E-state index contributed by atoms with van der Waals surface area (Å²) in [6.45, 7) is 3.93. The Morgan fingerprint density at radius 2 is 1.86 bits per heavy atom. The van der Waals surface area contributed by atoms with E-state index in [1.807, 2.05) is 61.5 Å². The minimum Gasteiger partial charge on any atom is -0.326 e. The maximum absolute atomic E-state index is 12.3. The molecule has 0 aliphatic carbocycles. The highest BCUT2D eigenvalue weighted by Crippen LogP contribution is 2.23. The minimum atomic E-state index is -0.513. The molecule has 0 saturated carbocycles. The summed E-state index contributed by atoms with van der Waals surface area (Å²) in [4.78, 5) is 24.4. The van der Waals surface area contributed by atoms with Crippen molar-refractivity contribution in [3.05, 3.63) is 65.7 Å². The molecule has 2 aromatic rings. The predicted octanol–water partition coefficient (Wildman–Crippen LogP) is 3.59. The Balaban J connectivity index is 1.57. The van der Waals surface area contributed by atoms with Crippen molar-refractivity contribution in [2.45, 2.75) is 31.9 Å². The van der Waals surface area contributed by atoms with Crippen molar-refractivity contribution < 1.29 is 9.59 Å². The number of carbonyl (C=O) groups excluding carboxylic acids is 2. The van der Waals surface area contributed by atoms with Crippen LogP contribution in [-0.2, 0) is 16.0 Å². The molecule has 1 aliphatic rings. The summed E-state index contributed by atoms with van der Waals surface area (Å²) in [5.41, 5.74) is 3.64. The topological polar surface area (TPSA) is 82.9 Å². The van der Waals surface area contributed by atoms with E-state index in [-0.39, 0.29) is 18.2 Å². The van der Waals surface area contributed by atoms with Crippen LogP contribution < -0.4 is 10.6 Å². The second-order valence-corrected chi connectivity index (χ2v) is 7.55. The van der Waals surface area contributed by atoms with Gasteiger partial charge in [0.25, 0.3) is 0 Å². The summed E-state index contributed by atoms with van der Waals surface area (Å²) >= 11 is 1.22. The van der Waals surface area contributed by atoms with Gasteiger partial charge in [-0.05, 0) is 36.6 Å². The first-order valence-corrected chi connectivity index (χ1v) is 9.97. The first-order chi connectivity index (χ1) is 13.5. The molecule has 6 nitrogen and oxygen atoms in total. The monoisotopic (exact) mass is 394 g/mol. The molecule has 0 radical (unpaired) electrons. The Hall–Kier alpha value is -2.93. The van der Waals surface area contributed by atoms with Crippen LogP contribution in [0.3, 0.4) is 0 Å². The lowest BCUT2D eigenvalue weighted by atomic mass is 10.1. The van der Waals surface area contributed by atoms with Crippen molar-refractivity contribution in [2.24, 2.45) is 10.2 Å². The molecule has 2 N–H and O–H groups in total. The smallest absolute Gasteiger partial charge is 0.240 e. The molecule has 1 fully saturated rings. The van der Waals surface area contributed by atoms with Gasteiger partial charge in [-0.3, -0.25) is 9.59 Å². The summed E-state index contributed by atoms with van der Waals surface area (Å²) in [5, 5.41) is 13.7. The van der Waals surface area contributed by atoms with Crippen LogP contribution in [0.5, 0.6) is 0 Å². The van der Waals surface area contributed by atoms with E-state index >= 15 is 0 Å². The normalized spacial score (nSPS) is 18.2. The SMILES string of the molecule is CCc1ccc(NC(=O)CC2S/C(=N/N=C(\C)c3ccccc3)NC2=O)cc1. The quantitative estimate of drug-likeness (QED) is 0.580. The number of aryl methyl sites for hydroxylation is 1. The van der Waals surface area contributed by atoms with Gasteiger partial charge in [-0.2, -0.15) is 5.10 Å². The van der Waals surface area contributed by atoms with Crippen LogP contribution in [0.4, 0.5) is 5.69 Å². The Bertz CT molecular complexity index is 908. The molecule has 0 bridgehead atoms. The van der Waals surface area contributed by atoms with Crippen LogP contribution >= 0.6 is 11.8 Å². The molecule has 0 spiro atoms. The Labute approximate surface area is 168 Å². The van der Waals surface area contributed by atoms with E-state index in [0.29, 0.717) is 5.17 Å². The van der Waals surface area contributed by atoms with Gasteiger partial charge < -0.3 is 10.6 Å². The highest BCUT2D eigenvalue weighted by Gasteiger charge is 2.32. The molecule has 2 aromatic carbocycles. The zero-order valence-electron chi connectivity index (χ0n) is 15.8. The minimum absolute atomic E-state index is 0.0758. The molecule has 0 aromatic heterocycles. The molecule has 1 atom stereocenters. The molecule has 3 rings (SSSR count). The Morgan fingerprint density at radius 1 is 1.14 bits per heavy atom. The maximum Gasteiger partial charge on any atom is 0.240 e. The highest BCUT2D eigenvalue weighted by atomic mass is 32.2. The Morgan fingerprint density at radius 3 is 2.54 bits per heavy atom. The summed E-state index contributed by atoms with van der Waals surface area (Å²) in [6.07, 6.45) is 1.02. The third-order valence-corrected chi connectivity index (χ3v) is 5.35. The van der Waals surface area contributed by atoms with Gasteiger partial charge in [-0.15, -0.1) is 5.10 Å². The lowest BCUT2D eigenvalue weighted by Gasteiger charge is -2.08. The Kier molecular flexibility index (Phi) is 6.60. The molecular formula is C21H22N4O2S. The first-order valence-electron chi connectivity index (χ1n) is 9.09. The van der Waals surface area contributed by atoms with Crippen molar-refractivity contribution in [3.63, 3.8) is 0 Å². The largest absolute Gasteiger partial charge is 0.326 e. The molecular weight excluding hydrogens is 372 g/mol. The van der Waals surface area contributed by atoms with Crippen molar-refractivity contribution in [1.29, 1.82) is 0 Å². The fourth-order valence-electron chi connectivity index (χ4n) is 2.65. The zero-order valence-corrected chi connectivity index (χ0v) is 16.6. The molecule has 1 saturated heterocycles. The fourth-order valence-corrected chi connectivity index (χ4v) is 3.57. The average molecular weight is 395 g/mol. The number of benzene rings is 2. The molecule has 2 amide bonds. The van der Waals surface area contributed by atoms with E-state index in [1.54, 1.807) is 0 Å².